The van der Waals surface area contributed by atoms with Gasteiger partial charge in [0.15, 0.2) is 0 Å². The van der Waals surface area contributed by atoms with Gasteiger partial charge in [0.25, 0.3) is 5.91 Å². The summed E-state index contributed by atoms with van der Waals surface area (Å²) in [4.78, 5) is 27.2. The molecule has 1 aromatic carbocycles. The number of benzene rings is 1. The number of nitrogens with zero attached hydrogens (tertiary/aromatic N) is 3. The Kier molecular flexibility index (Phi) is 6.20. The van der Waals surface area contributed by atoms with Crippen LogP contribution in [0.25, 0.3) is 0 Å². The molecule has 1 saturated heterocycles. The summed E-state index contributed by atoms with van der Waals surface area (Å²) in [6.07, 6.45) is 5.78. The average Bonchev–Trinajstić information content (AvgIpc) is 2.78. The summed E-state index contributed by atoms with van der Waals surface area (Å²) < 4.78 is 6.51. The SMILES string of the molecule is CC(C)CNC(=O)C[C@H]1CC2(CCN(C(=O)c3ccnnc3)CC2)Oc2ccccc21. The first kappa shape index (κ1) is 21.3. The van der Waals surface area contributed by atoms with Gasteiger partial charge in [0, 0.05) is 44.8 Å². The molecule has 31 heavy (non-hydrogen) atoms. The first-order valence-electron chi connectivity index (χ1n) is 11.1. The zero-order chi connectivity index (χ0) is 21.8. The Hall–Kier alpha value is -2.96. The van der Waals surface area contributed by atoms with E-state index in [-0.39, 0.29) is 23.3 Å². The van der Waals surface area contributed by atoms with Gasteiger partial charge in [0.1, 0.15) is 11.4 Å². The van der Waals surface area contributed by atoms with Gasteiger partial charge >= 0.3 is 0 Å². The molecule has 3 heterocycles. The van der Waals surface area contributed by atoms with Gasteiger partial charge in [0.05, 0.1) is 18.0 Å². The van der Waals surface area contributed by atoms with Crippen LogP contribution in [0.15, 0.2) is 42.7 Å². The second-order valence-electron chi connectivity index (χ2n) is 9.05. The zero-order valence-corrected chi connectivity index (χ0v) is 18.2. The number of piperidine rings is 1. The highest BCUT2D eigenvalue weighted by Crippen LogP contribution is 2.46. The highest BCUT2D eigenvalue weighted by atomic mass is 16.5. The molecule has 7 heteroatoms. The Morgan fingerprint density at radius 3 is 2.68 bits per heavy atom. The van der Waals surface area contributed by atoms with Crippen LogP contribution in [-0.2, 0) is 4.79 Å². The Balaban J connectivity index is 1.46. The second-order valence-corrected chi connectivity index (χ2v) is 9.05. The van der Waals surface area contributed by atoms with Gasteiger partial charge < -0.3 is 15.0 Å². The summed E-state index contributed by atoms with van der Waals surface area (Å²) in [5.41, 5.74) is 1.32. The Morgan fingerprint density at radius 2 is 1.97 bits per heavy atom. The standard InChI is InChI=1S/C24H30N4O3/c1-17(2)15-25-22(29)13-19-14-24(31-21-6-4-3-5-20(19)21)8-11-28(12-9-24)23(30)18-7-10-26-27-16-18/h3-7,10,16-17,19H,8-9,11-15H2,1-2H3,(H,25,29)/t19-/m0/s1. The molecule has 1 fully saturated rings. The van der Waals surface area contributed by atoms with Gasteiger partial charge in [-0.2, -0.15) is 10.2 Å². The van der Waals surface area contributed by atoms with Crippen molar-refractivity contribution in [3.63, 3.8) is 0 Å². The Morgan fingerprint density at radius 1 is 1.19 bits per heavy atom. The van der Waals surface area contributed by atoms with E-state index in [4.69, 9.17) is 4.74 Å². The number of para-hydroxylation sites is 1. The molecule has 2 aliphatic rings. The Bertz CT molecular complexity index is 923. The number of fused-ring (bicyclic) bond motifs is 1. The molecular weight excluding hydrogens is 392 g/mol. The lowest BCUT2D eigenvalue weighted by atomic mass is 9.76. The van der Waals surface area contributed by atoms with Crippen molar-refractivity contribution in [3.8, 4) is 5.75 Å². The van der Waals surface area contributed by atoms with E-state index >= 15 is 0 Å². The molecule has 1 aromatic heterocycles. The van der Waals surface area contributed by atoms with Crippen molar-refractivity contribution in [1.29, 1.82) is 0 Å². The number of ether oxygens (including phenoxy) is 1. The van der Waals surface area contributed by atoms with E-state index < -0.39 is 0 Å². The van der Waals surface area contributed by atoms with Crippen LogP contribution in [0.5, 0.6) is 5.75 Å². The molecule has 2 amide bonds. The van der Waals surface area contributed by atoms with Crippen LogP contribution in [0.2, 0.25) is 0 Å². The summed E-state index contributed by atoms with van der Waals surface area (Å²) in [5, 5.41) is 10.6. The first-order valence-corrected chi connectivity index (χ1v) is 11.1. The van der Waals surface area contributed by atoms with Gasteiger partial charge in [-0.1, -0.05) is 32.0 Å². The molecule has 1 spiro atoms. The predicted octanol–water partition coefficient (Wildman–Crippen LogP) is 3.18. The third-order valence-corrected chi connectivity index (χ3v) is 6.24. The molecule has 2 aliphatic heterocycles. The third-order valence-electron chi connectivity index (χ3n) is 6.24. The molecule has 0 unspecified atom stereocenters. The van der Waals surface area contributed by atoms with Crippen LogP contribution in [0.1, 0.15) is 61.4 Å². The molecule has 1 atom stereocenters. The van der Waals surface area contributed by atoms with E-state index in [9.17, 15) is 9.59 Å². The lowest BCUT2D eigenvalue weighted by Gasteiger charge is -2.47. The summed E-state index contributed by atoms with van der Waals surface area (Å²) in [6, 6.07) is 9.73. The van der Waals surface area contributed by atoms with Gasteiger partial charge in [0.2, 0.25) is 5.91 Å². The lowest BCUT2D eigenvalue weighted by molar-refractivity contribution is -0.122. The summed E-state index contributed by atoms with van der Waals surface area (Å²) in [7, 11) is 0. The van der Waals surface area contributed by atoms with E-state index in [2.05, 4.69) is 35.4 Å². The molecule has 0 saturated carbocycles. The zero-order valence-electron chi connectivity index (χ0n) is 18.2. The van der Waals surface area contributed by atoms with Crippen molar-refractivity contribution in [2.45, 2.75) is 51.0 Å². The number of hydrogen-bond donors (Lipinski definition) is 1. The lowest BCUT2D eigenvalue weighted by Crippen LogP contribution is -2.52. The number of nitrogens with one attached hydrogen (secondary N) is 1. The van der Waals surface area contributed by atoms with Crippen LogP contribution in [0.3, 0.4) is 0 Å². The topological polar surface area (TPSA) is 84.4 Å². The molecule has 7 nitrogen and oxygen atoms in total. The average molecular weight is 423 g/mol. The number of amides is 2. The number of rotatable bonds is 5. The van der Waals surface area contributed by atoms with Crippen molar-refractivity contribution in [3.05, 3.63) is 53.9 Å². The van der Waals surface area contributed by atoms with Crippen molar-refractivity contribution in [2.24, 2.45) is 5.92 Å². The van der Waals surface area contributed by atoms with Gasteiger partial charge in [-0.25, -0.2) is 0 Å². The normalized spacial score (nSPS) is 19.6. The van der Waals surface area contributed by atoms with Crippen LogP contribution >= 0.6 is 0 Å². The largest absolute Gasteiger partial charge is 0.487 e. The van der Waals surface area contributed by atoms with Gasteiger partial charge in [-0.15, -0.1) is 0 Å². The van der Waals surface area contributed by atoms with Crippen LogP contribution in [0, 0.1) is 5.92 Å². The minimum atomic E-state index is -0.343. The molecule has 0 radical (unpaired) electrons. The smallest absolute Gasteiger partial charge is 0.255 e. The summed E-state index contributed by atoms with van der Waals surface area (Å²) in [6.45, 7) is 6.12. The number of aromatic nitrogens is 2. The maximum atomic E-state index is 12.8. The number of likely N-dealkylation sites (tertiary alicyclic amines) is 1. The number of carbonyl (C=O) groups is 2. The number of carbonyl (C=O) groups excluding carboxylic acids is 2. The Labute approximate surface area is 183 Å². The quantitative estimate of drug-likeness (QED) is 0.800. The van der Waals surface area contributed by atoms with Gasteiger partial charge in [-0.3, -0.25) is 9.59 Å². The van der Waals surface area contributed by atoms with Crippen LogP contribution in [-0.4, -0.2) is 52.1 Å². The van der Waals surface area contributed by atoms with E-state index in [0.717, 1.165) is 30.6 Å². The van der Waals surface area contributed by atoms with E-state index in [1.807, 2.05) is 23.1 Å². The fourth-order valence-electron chi connectivity index (χ4n) is 4.56. The van der Waals surface area contributed by atoms with E-state index in [0.29, 0.717) is 37.5 Å². The molecule has 0 bridgehead atoms. The second kappa shape index (κ2) is 9.04. The minimum absolute atomic E-state index is 0.0226. The van der Waals surface area contributed by atoms with Crippen LogP contribution < -0.4 is 10.1 Å². The highest BCUT2D eigenvalue weighted by molar-refractivity contribution is 5.93. The third kappa shape index (κ3) is 4.86. The van der Waals surface area contributed by atoms with Crippen molar-refractivity contribution < 1.29 is 14.3 Å². The maximum Gasteiger partial charge on any atom is 0.255 e. The van der Waals surface area contributed by atoms with Crippen molar-refractivity contribution >= 4 is 11.8 Å². The molecule has 164 valence electrons. The molecule has 0 aliphatic carbocycles. The minimum Gasteiger partial charge on any atom is -0.487 e. The fraction of sp³-hybridized carbons (Fsp3) is 0.500. The molecule has 1 N–H and O–H groups in total. The molecular formula is C24H30N4O3. The highest BCUT2D eigenvalue weighted by Gasteiger charge is 2.44. The van der Waals surface area contributed by atoms with Crippen LogP contribution in [0.4, 0.5) is 0 Å². The molecule has 4 rings (SSSR count). The monoisotopic (exact) mass is 422 g/mol. The van der Waals surface area contributed by atoms with E-state index in [1.165, 1.54) is 12.4 Å². The van der Waals surface area contributed by atoms with Crippen molar-refractivity contribution in [1.82, 2.24) is 20.4 Å². The fourth-order valence-corrected chi connectivity index (χ4v) is 4.56. The van der Waals surface area contributed by atoms with E-state index in [1.54, 1.807) is 6.07 Å². The summed E-state index contributed by atoms with van der Waals surface area (Å²) >= 11 is 0. The number of hydrogen-bond acceptors (Lipinski definition) is 5. The van der Waals surface area contributed by atoms with Gasteiger partial charge in [-0.05, 0) is 30.0 Å². The molecule has 2 aromatic rings. The summed E-state index contributed by atoms with van der Waals surface area (Å²) in [5.74, 6) is 1.47. The first-order chi connectivity index (χ1) is 15.0. The maximum absolute atomic E-state index is 12.8. The predicted molar refractivity (Wildman–Crippen MR) is 117 cm³/mol. The van der Waals surface area contributed by atoms with Crippen molar-refractivity contribution in [2.75, 3.05) is 19.6 Å².